The lowest BCUT2D eigenvalue weighted by Crippen LogP contribution is -2.32. The summed E-state index contributed by atoms with van der Waals surface area (Å²) < 4.78 is 1.90. The van der Waals surface area contributed by atoms with Crippen LogP contribution in [0.3, 0.4) is 0 Å². The van der Waals surface area contributed by atoms with E-state index in [-0.39, 0.29) is 6.61 Å². The largest absolute Gasteiger partial charge is 0.396 e. The van der Waals surface area contributed by atoms with Crippen LogP contribution in [0.15, 0.2) is 42.6 Å². The molecule has 1 N–H and O–H groups in total. The van der Waals surface area contributed by atoms with Crippen molar-refractivity contribution in [3.8, 4) is 5.69 Å². The first-order chi connectivity index (χ1) is 9.70. The maximum absolute atomic E-state index is 8.97. The van der Waals surface area contributed by atoms with E-state index in [9.17, 15) is 0 Å². The number of benzene rings is 1. The molecule has 0 bridgehead atoms. The lowest BCUT2D eigenvalue weighted by Gasteiger charge is -2.25. The second-order valence-corrected chi connectivity index (χ2v) is 5.23. The second kappa shape index (κ2) is 7.22. The molecule has 1 aromatic heterocycles. The molecular formula is C16H23N3O. The Morgan fingerprint density at radius 1 is 1.20 bits per heavy atom. The second-order valence-electron chi connectivity index (χ2n) is 5.23. The Morgan fingerprint density at radius 3 is 2.60 bits per heavy atom. The van der Waals surface area contributed by atoms with Gasteiger partial charge in [-0.2, -0.15) is 5.10 Å². The first-order valence-electron chi connectivity index (χ1n) is 7.15. The van der Waals surface area contributed by atoms with Crippen molar-refractivity contribution in [3.05, 3.63) is 48.3 Å². The molecular weight excluding hydrogens is 250 g/mol. The molecule has 0 spiro atoms. The Balaban J connectivity index is 2.04. The van der Waals surface area contributed by atoms with Crippen LogP contribution in [0.2, 0.25) is 0 Å². The standard InChI is InChI=1S/C16H23N3O/c1-14(2)18(10-6-12-20)13-15-9-11-19(17-15)16-7-4-3-5-8-16/h3-5,7-9,11,14,20H,6,10,12-13H2,1-2H3. The molecule has 0 aliphatic rings. The molecule has 2 rings (SSSR count). The molecule has 0 fully saturated rings. The van der Waals surface area contributed by atoms with Gasteiger partial charge in [0.05, 0.1) is 11.4 Å². The van der Waals surface area contributed by atoms with Crippen molar-refractivity contribution in [2.24, 2.45) is 0 Å². The van der Waals surface area contributed by atoms with Gasteiger partial charge in [0.1, 0.15) is 0 Å². The van der Waals surface area contributed by atoms with Gasteiger partial charge in [0.15, 0.2) is 0 Å². The SMILES string of the molecule is CC(C)N(CCCO)Cc1ccn(-c2ccccc2)n1. The van der Waals surface area contributed by atoms with Gasteiger partial charge in [0.2, 0.25) is 0 Å². The Kier molecular flexibility index (Phi) is 5.32. The maximum Gasteiger partial charge on any atom is 0.0769 e. The summed E-state index contributed by atoms with van der Waals surface area (Å²) in [5.41, 5.74) is 2.13. The van der Waals surface area contributed by atoms with Crippen LogP contribution in [0.5, 0.6) is 0 Å². The summed E-state index contributed by atoms with van der Waals surface area (Å²) in [6.07, 6.45) is 2.80. The Labute approximate surface area is 120 Å². The van der Waals surface area contributed by atoms with E-state index in [0.29, 0.717) is 6.04 Å². The van der Waals surface area contributed by atoms with Crippen molar-refractivity contribution in [2.75, 3.05) is 13.2 Å². The third kappa shape index (κ3) is 3.92. The quantitative estimate of drug-likeness (QED) is 0.842. The molecule has 0 unspecified atom stereocenters. The van der Waals surface area contributed by atoms with Crippen molar-refractivity contribution in [1.82, 2.24) is 14.7 Å². The van der Waals surface area contributed by atoms with Crippen LogP contribution in [0.1, 0.15) is 26.0 Å². The summed E-state index contributed by atoms with van der Waals surface area (Å²) >= 11 is 0. The minimum Gasteiger partial charge on any atom is -0.396 e. The molecule has 0 aliphatic carbocycles. The number of rotatable bonds is 7. The third-order valence-electron chi connectivity index (χ3n) is 3.36. The van der Waals surface area contributed by atoms with Crippen LogP contribution in [-0.2, 0) is 6.54 Å². The molecule has 0 saturated carbocycles. The lowest BCUT2D eigenvalue weighted by atomic mass is 10.2. The summed E-state index contributed by atoms with van der Waals surface area (Å²) in [6, 6.07) is 12.6. The zero-order valence-corrected chi connectivity index (χ0v) is 12.2. The topological polar surface area (TPSA) is 41.3 Å². The van der Waals surface area contributed by atoms with Gasteiger partial charge in [0, 0.05) is 31.9 Å². The Bertz CT molecular complexity index is 507. The van der Waals surface area contributed by atoms with Crippen molar-refractivity contribution in [3.63, 3.8) is 0 Å². The van der Waals surface area contributed by atoms with Gasteiger partial charge < -0.3 is 5.11 Å². The normalized spacial score (nSPS) is 11.4. The number of hydrogen-bond acceptors (Lipinski definition) is 3. The van der Waals surface area contributed by atoms with Crippen molar-refractivity contribution >= 4 is 0 Å². The highest BCUT2D eigenvalue weighted by atomic mass is 16.3. The minimum atomic E-state index is 0.238. The molecule has 1 aromatic carbocycles. The number of aliphatic hydroxyl groups is 1. The van der Waals surface area contributed by atoms with E-state index >= 15 is 0 Å². The van der Waals surface area contributed by atoms with Crippen LogP contribution >= 0.6 is 0 Å². The highest BCUT2D eigenvalue weighted by molar-refractivity contribution is 5.30. The Morgan fingerprint density at radius 2 is 1.95 bits per heavy atom. The number of aromatic nitrogens is 2. The number of aliphatic hydroxyl groups excluding tert-OH is 1. The van der Waals surface area contributed by atoms with Gasteiger partial charge in [-0.15, -0.1) is 0 Å². The average Bonchev–Trinajstić information content (AvgIpc) is 2.92. The summed E-state index contributed by atoms with van der Waals surface area (Å²) in [5, 5.41) is 13.6. The molecule has 0 amide bonds. The molecule has 0 saturated heterocycles. The summed E-state index contributed by atoms with van der Waals surface area (Å²) in [6.45, 7) is 6.29. The van der Waals surface area contributed by atoms with Gasteiger partial charge in [0.25, 0.3) is 0 Å². The number of hydrogen-bond donors (Lipinski definition) is 1. The first kappa shape index (κ1) is 14.8. The van der Waals surface area contributed by atoms with E-state index in [4.69, 9.17) is 5.11 Å². The van der Waals surface area contributed by atoms with Crippen LogP contribution in [0, 0.1) is 0 Å². The van der Waals surface area contributed by atoms with Gasteiger partial charge in [-0.3, -0.25) is 4.90 Å². The van der Waals surface area contributed by atoms with Gasteiger partial charge in [-0.25, -0.2) is 4.68 Å². The number of para-hydroxylation sites is 1. The fraction of sp³-hybridized carbons (Fsp3) is 0.438. The lowest BCUT2D eigenvalue weighted by molar-refractivity contribution is 0.183. The minimum absolute atomic E-state index is 0.238. The monoisotopic (exact) mass is 273 g/mol. The Hall–Kier alpha value is -1.65. The molecule has 0 aliphatic heterocycles. The van der Waals surface area contributed by atoms with Crippen molar-refractivity contribution in [1.29, 1.82) is 0 Å². The molecule has 4 heteroatoms. The fourth-order valence-electron chi connectivity index (χ4n) is 2.17. The van der Waals surface area contributed by atoms with Crippen molar-refractivity contribution in [2.45, 2.75) is 32.9 Å². The molecule has 0 atom stereocenters. The highest BCUT2D eigenvalue weighted by Crippen LogP contribution is 2.10. The zero-order chi connectivity index (χ0) is 14.4. The van der Waals surface area contributed by atoms with E-state index in [1.165, 1.54) is 0 Å². The molecule has 1 heterocycles. The maximum atomic E-state index is 8.97. The fourth-order valence-corrected chi connectivity index (χ4v) is 2.17. The van der Waals surface area contributed by atoms with Crippen LogP contribution < -0.4 is 0 Å². The van der Waals surface area contributed by atoms with Gasteiger partial charge in [-0.1, -0.05) is 18.2 Å². The molecule has 2 aromatic rings. The van der Waals surface area contributed by atoms with Gasteiger partial charge in [-0.05, 0) is 38.5 Å². The smallest absolute Gasteiger partial charge is 0.0769 e. The predicted octanol–water partition coefficient (Wildman–Crippen LogP) is 2.47. The average molecular weight is 273 g/mol. The highest BCUT2D eigenvalue weighted by Gasteiger charge is 2.11. The third-order valence-corrected chi connectivity index (χ3v) is 3.36. The zero-order valence-electron chi connectivity index (χ0n) is 12.2. The molecule has 0 radical (unpaired) electrons. The molecule has 20 heavy (non-hydrogen) atoms. The summed E-state index contributed by atoms with van der Waals surface area (Å²) in [7, 11) is 0. The van der Waals surface area contributed by atoms with E-state index in [1.54, 1.807) is 0 Å². The molecule has 4 nitrogen and oxygen atoms in total. The summed E-state index contributed by atoms with van der Waals surface area (Å²) in [5.74, 6) is 0. The summed E-state index contributed by atoms with van der Waals surface area (Å²) in [4.78, 5) is 2.33. The van der Waals surface area contributed by atoms with E-state index in [0.717, 1.165) is 30.9 Å². The van der Waals surface area contributed by atoms with E-state index < -0.39 is 0 Å². The van der Waals surface area contributed by atoms with E-state index in [2.05, 4.69) is 29.9 Å². The molecule has 108 valence electrons. The number of nitrogens with zero attached hydrogens (tertiary/aromatic N) is 3. The predicted molar refractivity (Wildman–Crippen MR) is 80.8 cm³/mol. The van der Waals surface area contributed by atoms with Crippen LogP contribution in [0.4, 0.5) is 0 Å². The van der Waals surface area contributed by atoms with E-state index in [1.807, 2.05) is 41.2 Å². The van der Waals surface area contributed by atoms with Crippen molar-refractivity contribution < 1.29 is 5.11 Å². The van der Waals surface area contributed by atoms with Gasteiger partial charge >= 0.3 is 0 Å². The van der Waals surface area contributed by atoms with Crippen LogP contribution in [-0.4, -0.2) is 39.0 Å². The van der Waals surface area contributed by atoms with Crippen LogP contribution in [0.25, 0.3) is 5.69 Å². The first-order valence-corrected chi connectivity index (χ1v) is 7.15.